The molecule has 0 atom stereocenters. The van der Waals surface area contributed by atoms with Crippen molar-refractivity contribution in [2.75, 3.05) is 0 Å². The van der Waals surface area contributed by atoms with Gasteiger partial charge >= 0.3 is 0 Å². The molecule has 0 aromatic rings. The van der Waals surface area contributed by atoms with Crippen LogP contribution in [0.3, 0.4) is 0 Å². The molecule has 0 aromatic heterocycles. The van der Waals surface area contributed by atoms with Crippen LogP contribution in [-0.2, 0) is 0 Å². The van der Waals surface area contributed by atoms with Gasteiger partial charge in [-0.3, -0.25) is 0 Å². The van der Waals surface area contributed by atoms with Gasteiger partial charge in [-0.15, -0.1) is 5.73 Å². The fraction of sp³-hybridized carbons (Fsp3) is 0.800. The Balaban J connectivity index is 2.16. The van der Waals surface area contributed by atoms with Crippen LogP contribution in [0.4, 0.5) is 0 Å². The summed E-state index contributed by atoms with van der Waals surface area (Å²) in [4.78, 5) is 0. The molecule has 0 aliphatic heterocycles. The van der Waals surface area contributed by atoms with Crippen molar-refractivity contribution in [3.8, 4) is 0 Å². The molecule has 15 heavy (non-hydrogen) atoms. The normalized spacial score (nSPS) is 21.9. The summed E-state index contributed by atoms with van der Waals surface area (Å²) in [6.45, 7) is 0. The third-order valence-corrected chi connectivity index (χ3v) is 3.18. The van der Waals surface area contributed by atoms with E-state index in [1.807, 2.05) is 0 Å². The first-order chi connectivity index (χ1) is 7.50. The van der Waals surface area contributed by atoms with Gasteiger partial charge in [-0.2, -0.15) is 0 Å². The zero-order chi connectivity index (χ0) is 10.6. The maximum absolute atomic E-state index is 3.30. The molecule has 1 aliphatic rings. The highest BCUT2D eigenvalue weighted by atomic mass is 14.0. The maximum Gasteiger partial charge on any atom is -0.0274 e. The minimum Gasteiger partial charge on any atom is -0.130 e. The highest BCUT2D eigenvalue weighted by molar-refractivity contribution is 4.84. The Bertz CT molecular complexity index is 166. The molecule has 0 heteroatoms. The number of hydrogen-bond donors (Lipinski definition) is 0. The van der Waals surface area contributed by atoms with Crippen molar-refractivity contribution in [1.82, 2.24) is 0 Å². The molecule has 0 amide bonds. The summed E-state index contributed by atoms with van der Waals surface area (Å²) < 4.78 is 0. The van der Waals surface area contributed by atoms with Gasteiger partial charge in [-0.1, -0.05) is 51.4 Å². The van der Waals surface area contributed by atoms with Gasteiger partial charge in [0.15, 0.2) is 0 Å². The molecule has 86 valence electrons. The summed E-state index contributed by atoms with van der Waals surface area (Å²) in [5.41, 5.74) is 3.30. The van der Waals surface area contributed by atoms with E-state index in [4.69, 9.17) is 0 Å². The van der Waals surface area contributed by atoms with Crippen molar-refractivity contribution in [3.63, 3.8) is 0 Å². The lowest BCUT2D eigenvalue weighted by molar-refractivity contribution is 0.554. The fourth-order valence-electron chi connectivity index (χ4n) is 2.16. The molecule has 0 spiro atoms. The van der Waals surface area contributed by atoms with Crippen molar-refractivity contribution in [2.45, 2.75) is 77.0 Å². The molecule has 0 saturated heterocycles. The molecule has 0 fully saturated rings. The summed E-state index contributed by atoms with van der Waals surface area (Å²) in [5, 5.41) is 0. The average Bonchev–Trinajstić information content (AvgIpc) is 2.27. The molecule has 0 nitrogen and oxygen atoms in total. The SMILES string of the molecule is C1=CCCCCCCCCCCCCC=1. The summed E-state index contributed by atoms with van der Waals surface area (Å²) in [6, 6.07) is 0. The molecular weight excluding hydrogens is 180 g/mol. The van der Waals surface area contributed by atoms with Crippen LogP contribution >= 0.6 is 0 Å². The van der Waals surface area contributed by atoms with Crippen LogP contribution in [0.15, 0.2) is 17.9 Å². The third kappa shape index (κ3) is 8.51. The van der Waals surface area contributed by atoms with Crippen molar-refractivity contribution in [2.24, 2.45) is 0 Å². The quantitative estimate of drug-likeness (QED) is 0.466. The van der Waals surface area contributed by atoms with Gasteiger partial charge in [-0.25, -0.2) is 0 Å². The summed E-state index contributed by atoms with van der Waals surface area (Å²) in [6.07, 6.45) is 21.2. The Kier molecular flexibility index (Phi) is 8.44. The van der Waals surface area contributed by atoms with E-state index in [1.165, 1.54) is 77.0 Å². The van der Waals surface area contributed by atoms with Crippen molar-refractivity contribution >= 4 is 0 Å². The first-order valence-electron chi connectivity index (χ1n) is 6.89. The van der Waals surface area contributed by atoms with Crippen LogP contribution < -0.4 is 0 Å². The second-order valence-corrected chi connectivity index (χ2v) is 4.69. The maximum atomic E-state index is 3.30. The summed E-state index contributed by atoms with van der Waals surface area (Å²) in [7, 11) is 0. The van der Waals surface area contributed by atoms with Crippen LogP contribution in [-0.4, -0.2) is 0 Å². The largest absolute Gasteiger partial charge is 0.130 e. The molecule has 0 heterocycles. The average molecular weight is 206 g/mol. The van der Waals surface area contributed by atoms with E-state index < -0.39 is 0 Å². The van der Waals surface area contributed by atoms with Gasteiger partial charge in [-0.05, 0) is 37.8 Å². The zero-order valence-corrected chi connectivity index (χ0v) is 10.1. The topological polar surface area (TPSA) is 0 Å². The van der Waals surface area contributed by atoms with E-state index >= 15 is 0 Å². The van der Waals surface area contributed by atoms with E-state index in [1.54, 1.807) is 0 Å². The fourth-order valence-corrected chi connectivity index (χ4v) is 2.16. The molecule has 0 saturated carbocycles. The van der Waals surface area contributed by atoms with Gasteiger partial charge in [0, 0.05) is 0 Å². The lowest BCUT2D eigenvalue weighted by Gasteiger charge is -2.01. The minimum atomic E-state index is 1.23. The van der Waals surface area contributed by atoms with Gasteiger partial charge in [0.25, 0.3) is 0 Å². The highest BCUT2D eigenvalue weighted by Gasteiger charge is 1.93. The lowest BCUT2D eigenvalue weighted by Crippen LogP contribution is -1.81. The number of rotatable bonds is 0. The second kappa shape index (κ2) is 10.1. The van der Waals surface area contributed by atoms with E-state index in [0.717, 1.165) is 0 Å². The van der Waals surface area contributed by atoms with Crippen LogP contribution in [0.2, 0.25) is 0 Å². The van der Waals surface area contributed by atoms with Crippen LogP contribution in [0, 0.1) is 0 Å². The second-order valence-electron chi connectivity index (χ2n) is 4.69. The molecule has 0 aromatic carbocycles. The zero-order valence-electron chi connectivity index (χ0n) is 10.1. The van der Waals surface area contributed by atoms with Crippen molar-refractivity contribution in [3.05, 3.63) is 17.9 Å². The van der Waals surface area contributed by atoms with E-state index in [2.05, 4.69) is 17.9 Å². The van der Waals surface area contributed by atoms with Crippen LogP contribution in [0.1, 0.15) is 77.0 Å². The van der Waals surface area contributed by atoms with E-state index in [9.17, 15) is 0 Å². The molecule has 0 bridgehead atoms. The van der Waals surface area contributed by atoms with Crippen LogP contribution in [0.25, 0.3) is 0 Å². The first kappa shape index (κ1) is 12.6. The molecule has 1 aliphatic carbocycles. The summed E-state index contributed by atoms with van der Waals surface area (Å²) >= 11 is 0. The molecule has 1 rings (SSSR count). The molecule has 0 unspecified atom stereocenters. The van der Waals surface area contributed by atoms with Crippen LogP contribution in [0.5, 0.6) is 0 Å². The Morgan fingerprint density at radius 3 is 1.20 bits per heavy atom. The van der Waals surface area contributed by atoms with Crippen molar-refractivity contribution in [1.29, 1.82) is 0 Å². The van der Waals surface area contributed by atoms with Gasteiger partial charge < -0.3 is 0 Å². The Hall–Kier alpha value is -0.480. The number of hydrogen-bond acceptors (Lipinski definition) is 0. The predicted molar refractivity (Wildman–Crippen MR) is 68.1 cm³/mol. The standard InChI is InChI=1S/C15H26/c1-2-4-6-8-10-12-14-15-13-11-9-7-5-3-1/h1,5H,2,4,6-15H2. The molecule has 0 N–H and O–H groups in total. The first-order valence-corrected chi connectivity index (χ1v) is 6.89. The van der Waals surface area contributed by atoms with E-state index in [0.29, 0.717) is 0 Å². The minimum absolute atomic E-state index is 1.23. The third-order valence-electron chi connectivity index (χ3n) is 3.18. The molecular formula is C15H26. The monoisotopic (exact) mass is 206 g/mol. The number of allylic oxidation sites excluding steroid dienone is 1. The highest BCUT2D eigenvalue weighted by Crippen LogP contribution is 2.12. The van der Waals surface area contributed by atoms with Gasteiger partial charge in [0.2, 0.25) is 0 Å². The van der Waals surface area contributed by atoms with E-state index in [-0.39, 0.29) is 0 Å². The lowest BCUT2D eigenvalue weighted by atomic mass is 10.1. The Morgan fingerprint density at radius 2 is 0.800 bits per heavy atom. The van der Waals surface area contributed by atoms with Gasteiger partial charge in [0.05, 0.1) is 0 Å². The Labute approximate surface area is 95.5 Å². The van der Waals surface area contributed by atoms with Crippen molar-refractivity contribution < 1.29 is 0 Å². The Morgan fingerprint density at radius 1 is 0.467 bits per heavy atom. The summed E-state index contributed by atoms with van der Waals surface area (Å²) in [5.74, 6) is 0. The predicted octanol–water partition coefficient (Wildman–Crippen LogP) is 5.39. The molecule has 0 radical (unpaired) electrons. The van der Waals surface area contributed by atoms with Gasteiger partial charge in [0.1, 0.15) is 0 Å². The smallest absolute Gasteiger partial charge is 0.0274 e.